The van der Waals surface area contributed by atoms with Gasteiger partial charge >= 0.3 is 6.18 Å². The lowest BCUT2D eigenvalue weighted by Gasteiger charge is -2.38. The van der Waals surface area contributed by atoms with Crippen molar-refractivity contribution in [1.82, 2.24) is 15.2 Å². The monoisotopic (exact) mass is 554 g/mol. The van der Waals surface area contributed by atoms with Gasteiger partial charge in [0.2, 0.25) is 0 Å². The van der Waals surface area contributed by atoms with Gasteiger partial charge in [0, 0.05) is 22.2 Å². The van der Waals surface area contributed by atoms with Crippen LogP contribution in [0.15, 0.2) is 54.6 Å². The van der Waals surface area contributed by atoms with E-state index in [0.29, 0.717) is 17.0 Å². The predicted molar refractivity (Wildman–Crippen MR) is 150 cm³/mol. The molecule has 4 rings (SSSR count). The third-order valence-corrected chi connectivity index (χ3v) is 11.9. The van der Waals surface area contributed by atoms with E-state index in [1.807, 2.05) is 32.0 Å². The zero-order valence-electron chi connectivity index (χ0n) is 23.1. The Labute approximate surface area is 227 Å². The van der Waals surface area contributed by atoms with Crippen molar-refractivity contribution in [2.45, 2.75) is 65.0 Å². The summed E-state index contributed by atoms with van der Waals surface area (Å²) >= 11 is 0. The number of aryl methyl sites for hydroxylation is 1. The molecule has 2 heterocycles. The number of halogens is 3. The zero-order valence-corrected chi connectivity index (χ0v) is 24.1. The Kier molecular flexibility index (Phi) is 7.48. The van der Waals surface area contributed by atoms with Crippen LogP contribution in [0.4, 0.5) is 18.9 Å². The van der Waals surface area contributed by atoms with Gasteiger partial charge in [0.25, 0.3) is 5.91 Å². The van der Waals surface area contributed by atoms with E-state index < -0.39 is 26.0 Å². The number of nitrogens with zero attached hydrogens (tertiary/aromatic N) is 2. The summed E-state index contributed by atoms with van der Waals surface area (Å²) < 4.78 is 45.7. The molecule has 2 aromatic heterocycles. The van der Waals surface area contributed by atoms with Crippen molar-refractivity contribution in [2.75, 3.05) is 5.32 Å². The summed E-state index contributed by atoms with van der Waals surface area (Å²) in [6.07, 6.45) is -4.71. The SMILES string of the molecule is Cc1ccc(NC(=O)c2cccc(C(F)(F)F)c2)cc1-c1ccc2c(C(C)O[Si](C)(C)C(C)(C)C)[nH]nc2n1. The quantitative estimate of drug-likeness (QED) is 0.235. The molecule has 0 radical (unpaired) electrons. The molecule has 1 amide bonds. The number of hydrogen-bond donors (Lipinski definition) is 2. The minimum absolute atomic E-state index is 0.0710. The van der Waals surface area contributed by atoms with Crippen molar-refractivity contribution < 1.29 is 22.4 Å². The third-order valence-electron chi connectivity index (χ3n) is 7.36. The second kappa shape index (κ2) is 10.2. The number of amides is 1. The van der Waals surface area contributed by atoms with Crippen LogP contribution in [0.5, 0.6) is 0 Å². The molecule has 0 aliphatic heterocycles. The normalized spacial score (nSPS) is 13.5. The molecule has 0 aliphatic rings. The first-order chi connectivity index (χ1) is 18.1. The van der Waals surface area contributed by atoms with E-state index in [1.54, 1.807) is 12.1 Å². The lowest BCUT2D eigenvalue weighted by Crippen LogP contribution is -2.41. The zero-order chi connectivity index (χ0) is 28.8. The summed E-state index contributed by atoms with van der Waals surface area (Å²) in [7, 11) is -2.00. The molecule has 0 fully saturated rings. The Morgan fingerprint density at radius 2 is 1.77 bits per heavy atom. The average molecular weight is 555 g/mol. The molecule has 4 aromatic rings. The molecule has 0 bridgehead atoms. The van der Waals surface area contributed by atoms with Crippen LogP contribution in [0.3, 0.4) is 0 Å². The van der Waals surface area contributed by atoms with Gasteiger partial charge in [-0.2, -0.15) is 18.3 Å². The van der Waals surface area contributed by atoms with Gasteiger partial charge in [-0.3, -0.25) is 9.89 Å². The maximum Gasteiger partial charge on any atom is 0.416 e. The topological polar surface area (TPSA) is 79.9 Å². The van der Waals surface area contributed by atoms with E-state index >= 15 is 0 Å². The van der Waals surface area contributed by atoms with Crippen LogP contribution in [-0.4, -0.2) is 29.4 Å². The first-order valence-corrected chi connectivity index (χ1v) is 15.6. The molecule has 0 aliphatic carbocycles. The van der Waals surface area contributed by atoms with E-state index in [1.165, 1.54) is 12.1 Å². The predicted octanol–water partition coefficient (Wildman–Crippen LogP) is 8.29. The molecule has 1 unspecified atom stereocenters. The fraction of sp³-hybridized carbons (Fsp3) is 0.345. The number of pyridine rings is 1. The first kappa shape index (κ1) is 28.5. The summed E-state index contributed by atoms with van der Waals surface area (Å²) in [6.45, 7) is 14.9. The summed E-state index contributed by atoms with van der Waals surface area (Å²) in [5.74, 6) is -0.632. The maximum atomic E-state index is 13.1. The molecular formula is C29H33F3N4O2Si. The molecule has 2 N–H and O–H groups in total. The van der Waals surface area contributed by atoms with Gasteiger partial charge < -0.3 is 9.74 Å². The number of carbonyl (C=O) groups excluding carboxylic acids is 1. The number of alkyl halides is 3. The van der Waals surface area contributed by atoms with Crippen LogP contribution in [-0.2, 0) is 10.6 Å². The Balaban J connectivity index is 1.59. The summed E-state index contributed by atoms with van der Waals surface area (Å²) in [4.78, 5) is 17.5. The van der Waals surface area contributed by atoms with Crippen molar-refractivity contribution in [1.29, 1.82) is 0 Å². The smallest absolute Gasteiger partial charge is 0.409 e. The van der Waals surface area contributed by atoms with Gasteiger partial charge in [-0.1, -0.05) is 32.9 Å². The highest BCUT2D eigenvalue weighted by molar-refractivity contribution is 6.74. The molecule has 1 atom stereocenters. The van der Waals surface area contributed by atoms with Crippen LogP contribution in [0.25, 0.3) is 22.3 Å². The van der Waals surface area contributed by atoms with Crippen LogP contribution in [0.1, 0.15) is 61.0 Å². The standard InChI is InChI=1S/C29H33F3N4O2Si/c1-17-11-12-21(33-27(37)19-9-8-10-20(15-19)29(30,31)32)16-23(17)24-14-13-22-25(35-36-26(22)34-24)18(2)38-39(6,7)28(3,4)5/h8-16,18H,1-7H3,(H,33,37)(H,34,35,36). The van der Waals surface area contributed by atoms with Crippen molar-refractivity contribution >= 4 is 30.9 Å². The molecule has 0 saturated carbocycles. The Morgan fingerprint density at radius 1 is 1.05 bits per heavy atom. The second-order valence-electron chi connectivity index (χ2n) is 11.3. The van der Waals surface area contributed by atoms with Crippen LogP contribution >= 0.6 is 0 Å². The molecule has 0 saturated heterocycles. The van der Waals surface area contributed by atoms with Crippen molar-refractivity contribution in [2.24, 2.45) is 0 Å². The highest BCUT2D eigenvalue weighted by Crippen LogP contribution is 2.40. The largest absolute Gasteiger partial charge is 0.416 e. The molecule has 10 heteroatoms. The van der Waals surface area contributed by atoms with Crippen LogP contribution in [0.2, 0.25) is 18.1 Å². The molecule has 39 heavy (non-hydrogen) atoms. The number of benzene rings is 2. The number of aromatic amines is 1. The minimum atomic E-state index is -4.53. The maximum absolute atomic E-state index is 13.1. The number of aromatic nitrogens is 3. The van der Waals surface area contributed by atoms with Gasteiger partial charge in [-0.05, 0) is 80.0 Å². The molecule has 0 spiro atoms. The Hall–Kier alpha value is -3.50. The molecular weight excluding hydrogens is 521 g/mol. The van der Waals surface area contributed by atoms with E-state index in [-0.39, 0.29) is 16.7 Å². The van der Waals surface area contributed by atoms with E-state index in [2.05, 4.69) is 49.4 Å². The number of carbonyl (C=O) groups is 1. The number of hydrogen-bond acceptors (Lipinski definition) is 4. The first-order valence-electron chi connectivity index (χ1n) is 12.7. The number of H-pyrrole nitrogens is 1. The Morgan fingerprint density at radius 3 is 2.44 bits per heavy atom. The van der Waals surface area contributed by atoms with Gasteiger partial charge in [-0.25, -0.2) is 4.98 Å². The van der Waals surface area contributed by atoms with Crippen molar-refractivity contribution in [3.8, 4) is 11.3 Å². The highest BCUT2D eigenvalue weighted by atomic mass is 28.4. The van der Waals surface area contributed by atoms with Crippen LogP contribution < -0.4 is 5.32 Å². The summed E-state index contributed by atoms with van der Waals surface area (Å²) in [5, 5.41) is 11.2. The average Bonchev–Trinajstić information content (AvgIpc) is 3.27. The fourth-order valence-corrected chi connectivity index (χ4v) is 5.43. The van der Waals surface area contributed by atoms with Crippen LogP contribution in [0, 0.1) is 6.92 Å². The van der Waals surface area contributed by atoms with Gasteiger partial charge in [-0.15, -0.1) is 0 Å². The Bertz CT molecular complexity index is 1520. The third kappa shape index (κ3) is 6.07. The second-order valence-corrected chi connectivity index (χ2v) is 16.0. The van der Waals surface area contributed by atoms with Crippen molar-refractivity contribution in [3.63, 3.8) is 0 Å². The highest BCUT2D eigenvalue weighted by Gasteiger charge is 2.39. The molecule has 206 valence electrons. The number of rotatable bonds is 6. The van der Waals surface area contributed by atoms with Gasteiger partial charge in [0.05, 0.1) is 23.1 Å². The van der Waals surface area contributed by atoms with Gasteiger partial charge in [0.15, 0.2) is 14.0 Å². The summed E-state index contributed by atoms with van der Waals surface area (Å²) in [5.41, 5.74) is 3.26. The van der Waals surface area contributed by atoms with Gasteiger partial charge in [0.1, 0.15) is 0 Å². The van der Waals surface area contributed by atoms with E-state index in [0.717, 1.165) is 34.3 Å². The lowest BCUT2D eigenvalue weighted by molar-refractivity contribution is -0.137. The number of fused-ring (bicyclic) bond motifs is 1. The molecule has 2 aromatic carbocycles. The minimum Gasteiger partial charge on any atom is -0.409 e. The van der Waals surface area contributed by atoms with E-state index in [9.17, 15) is 18.0 Å². The fourth-order valence-electron chi connectivity index (χ4n) is 4.07. The van der Waals surface area contributed by atoms with Crippen molar-refractivity contribution in [3.05, 3.63) is 77.0 Å². The number of anilines is 1. The molecule has 6 nitrogen and oxygen atoms in total. The summed E-state index contributed by atoms with van der Waals surface area (Å²) in [6, 6.07) is 13.5. The lowest BCUT2D eigenvalue weighted by atomic mass is 10.0. The number of nitrogens with one attached hydrogen (secondary N) is 2. The van der Waals surface area contributed by atoms with E-state index in [4.69, 9.17) is 9.41 Å².